The fourth-order valence-corrected chi connectivity index (χ4v) is 1.85. The smallest absolute Gasteiger partial charge is 0.315 e. The van der Waals surface area contributed by atoms with Crippen LogP contribution in [-0.2, 0) is 9.59 Å². The van der Waals surface area contributed by atoms with Gasteiger partial charge in [-0.25, -0.2) is 0 Å². The summed E-state index contributed by atoms with van der Waals surface area (Å²) in [6.07, 6.45) is 1.71. The average molecular weight is 246 g/mol. The molecule has 1 amide bonds. The molecule has 18 heavy (non-hydrogen) atoms. The van der Waals surface area contributed by atoms with Crippen molar-refractivity contribution in [1.29, 1.82) is 0 Å². The first kappa shape index (κ1) is 12.2. The number of para-hydroxylation sites is 1. The summed E-state index contributed by atoms with van der Waals surface area (Å²) in [6, 6.07) is 7.55. The number of aliphatic carboxylic acids is 1. The van der Waals surface area contributed by atoms with E-state index >= 15 is 0 Å². The minimum Gasteiger partial charge on any atom is -0.481 e. The Balaban J connectivity index is 2.37. The van der Waals surface area contributed by atoms with E-state index in [1.54, 1.807) is 13.2 Å². The van der Waals surface area contributed by atoms with Gasteiger partial charge in [-0.2, -0.15) is 0 Å². The third kappa shape index (κ3) is 1.95. The van der Waals surface area contributed by atoms with E-state index in [0.717, 1.165) is 10.9 Å². The van der Waals surface area contributed by atoms with Crippen LogP contribution in [0.15, 0.2) is 30.5 Å². The van der Waals surface area contributed by atoms with E-state index in [9.17, 15) is 9.59 Å². The van der Waals surface area contributed by atoms with Gasteiger partial charge in [-0.1, -0.05) is 18.2 Å². The highest BCUT2D eigenvalue weighted by molar-refractivity contribution is 6.09. The van der Waals surface area contributed by atoms with Gasteiger partial charge in [-0.05, 0) is 13.0 Å². The molecule has 0 aliphatic carbocycles. The van der Waals surface area contributed by atoms with Gasteiger partial charge in [0.1, 0.15) is 5.92 Å². The molecule has 0 aliphatic rings. The number of hydrogen-bond acceptors (Lipinski definition) is 2. The number of aromatic nitrogens is 1. The normalized spacial score (nSPS) is 12.3. The lowest BCUT2D eigenvalue weighted by Gasteiger charge is -2.18. The summed E-state index contributed by atoms with van der Waals surface area (Å²) >= 11 is 0. The Hall–Kier alpha value is -2.30. The molecule has 1 atom stereocenters. The van der Waals surface area contributed by atoms with Crippen LogP contribution in [0.2, 0.25) is 0 Å². The van der Waals surface area contributed by atoms with Crippen molar-refractivity contribution in [3.63, 3.8) is 0 Å². The number of H-pyrrole nitrogens is 1. The molecule has 0 fully saturated rings. The molecule has 0 bridgehead atoms. The quantitative estimate of drug-likeness (QED) is 0.812. The first-order valence-electron chi connectivity index (χ1n) is 5.59. The van der Waals surface area contributed by atoms with Crippen LogP contribution in [0.4, 0.5) is 5.69 Å². The van der Waals surface area contributed by atoms with Crippen molar-refractivity contribution in [2.24, 2.45) is 5.92 Å². The second-order valence-electron chi connectivity index (χ2n) is 4.18. The third-order valence-electron chi connectivity index (χ3n) is 3.00. The molecule has 5 heteroatoms. The summed E-state index contributed by atoms with van der Waals surface area (Å²) in [5.41, 5.74) is 1.60. The van der Waals surface area contributed by atoms with Crippen LogP contribution < -0.4 is 4.90 Å². The Bertz CT molecular complexity index is 603. The third-order valence-corrected chi connectivity index (χ3v) is 3.00. The van der Waals surface area contributed by atoms with Gasteiger partial charge < -0.3 is 15.0 Å². The fourth-order valence-electron chi connectivity index (χ4n) is 1.85. The number of nitrogens with zero attached hydrogens (tertiary/aromatic N) is 1. The maximum absolute atomic E-state index is 12.0. The van der Waals surface area contributed by atoms with Gasteiger partial charge >= 0.3 is 5.97 Å². The van der Waals surface area contributed by atoms with Crippen LogP contribution in [0.1, 0.15) is 6.92 Å². The highest BCUT2D eigenvalue weighted by Gasteiger charge is 2.25. The Morgan fingerprint density at radius 3 is 2.67 bits per heavy atom. The second-order valence-corrected chi connectivity index (χ2v) is 4.18. The number of nitrogens with one attached hydrogen (secondary N) is 1. The molecule has 0 aliphatic heterocycles. The summed E-state index contributed by atoms with van der Waals surface area (Å²) in [7, 11) is 1.58. The highest BCUT2D eigenvalue weighted by atomic mass is 16.4. The molecular formula is C13H14N2O3. The fraction of sp³-hybridized carbons (Fsp3) is 0.231. The summed E-state index contributed by atoms with van der Waals surface area (Å²) < 4.78 is 0. The van der Waals surface area contributed by atoms with E-state index in [1.807, 2.05) is 24.3 Å². The zero-order chi connectivity index (χ0) is 13.3. The Kier molecular flexibility index (Phi) is 3.06. The number of aromatic amines is 1. The maximum Gasteiger partial charge on any atom is 0.315 e. The number of hydrogen-bond donors (Lipinski definition) is 2. The second kappa shape index (κ2) is 4.52. The van der Waals surface area contributed by atoms with E-state index in [4.69, 9.17) is 5.11 Å². The predicted octanol–water partition coefficient (Wildman–Crippen LogP) is 1.85. The molecule has 5 nitrogen and oxygen atoms in total. The van der Waals surface area contributed by atoms with Crippen molar-refractivity contribution in [2.75, 3.05) is 11.9 Å². The molecule has 0 saturated heterocycles. The SMILES string of the molecule is CC(C(=O)O)C(=O)N(C)c1c[nH]c2ccccc12. The molecule has 0 spiro atoms. The lowest BCUT2D eigenvalue weighted by molar-refractivity contribution is -0.145. The number of carbonyl (C=O) groups excluding carboxylic acids is 1. The molecular weight excluding hydrogens is 232 g/mol. The minimum absolute atomic E-state index is 0.438. The Morgan fingerprint density at radius 1 is 1.33 bits per heavy atom. The van der Waals surface area contributed by atoms with E-state index in [0.29, 0.717) is 5.69 Å². The van der Waals surface area contributed by atoms with Gasteiger partial charge in [-0.15, -0.1) is 0 Å². The van der Waals surface area contributed by atoms with Gasteiger partial charge in [0.2, 0.25) is 5.91 Å². The molecule has 2 rings (SSSR count). The number of rotatable bonds is 3. The van der Waals surface area contributed by atoms with Crippen LogP contribution in [0.5, 0.6) is 0 Å². The van der Waals surface area contributed by atoms with E-state index in [-0.39, 0.29) is 0 Å². The van der Waals surface area contributed by atoms with E-state index in [2.05, 4.69) is 4.98 Å². The number of carboxylic acids is 1. The van der Waals surface area contributed by atoms with Crippen LogP contribution in [-0.4, -0.2) is 29.0 Å². The number of anilines is 1. The van der Waals surface area contributed by atoms with Gasteiger partial charge in [0.15, 0.2) is 0 Å². The number of benzene rings is 1. The molecule has 1 aromatic carbocycles. The number of fused-ring (bicyclic) bond motifs is 1. The first-order chi connectivity index (χ1) is 8.52. The van der Waals surface area contributed by atoms with Gasteiger partial charge in [0.25, 0.3) is 0 Å². The molecule has 2 N–H and O–H groups in total. The molecule has 1 unspecified atom stereocenters. The van der Waals surface area contributed by atoms with E-state index in [1.165, 1.54) is 11.8 Å². The van der Waals surface area contributed by atoms with E-state index < -0.39 is 17.8 Å². The van der Waals surface area contributed by atoms with Crippen molar-refractivity contribution >= 4 is 28.5 Å². The number of carboxylic acid groups (broad SMARTS) is 1. The minimum atomic E-state index is -1.12. The molecule has 2 aromatic rings. The summed E-state index contributed by atoms with van der Waals surface area (Å²) in [5.74, 6) is -2.61. The molecule has 1 heterocycles. The summed E-state index contributed by atoms with van der Waals surface area (Å²) in [5, 5.41) is 9.75. The van der Waals surface area contributed by atoms with Crippen molar-refractivity contribution in [1.82, 2.24) is 4.98 Å². The Morgan fingerprint density at radius 2 is 2.00 bits per heavy atom. The van der Waals surface area contributed by atoms with Crippen molar-refractivity contribution in [2.45, 2.75) is 6.92 Å². The first-order valence-corrected chi connectivity index (χ1v) is 5.59. The van der Waals surface area contributed by atoms with Gasteiger partial charge in [0, 0.05) is 24.1 Å². The lowest BCUT2D eigenvalue weighted by Crippen LogP contribution is -2.35. The van der Waals surface area contributed by atoms with Crippen molar-refractivity contribution < 1.29 is 14.7 Å². The maximum atomic E-state index is 12.0. The summed E-state index contributed by atoms with van der Waals surface area (Å²) in [6.45, 7) is 1.38. The number of amides is 1. The zero-order valence-corrected chi connectivity index (χ0v) is 10.2. The van der Waals surface area contributed by atoms with Crippen molar-refractivity contribution in [3.05, 3.63) is 30.5 Å². The standard InChI is InChI=1S/C13H14N2O3/c1-8(13(17)18)12(16)15(2)11-7-14-10-6-4-3-5-9(10)11/h3-8,14H,1-2H3,(H,17,18). The van der Waals surface area contributed by atoms with Crippen molar-refractivity contribution in [3.8, 4) is 0 Å². The van der Waals surface area contributed by atoms with Crippen LogP contribution >= 0.6 is 0 Å². The predicted molar refractivity (Wildman–Crippen MR) is 68.5 cm³/mol. The van der Waals surface area contributed by atoms with Gasteiger partial charge in [0.05, 0.1) is 5.69 Å². The van der Waals surface area contributed by atoms with Crippen LogP contribution in [0.3, 0.4) is 0 Å². The molecule has 94 valence electrons. The highest BCUT2D eigenvalue weighted by Crippen LogP contribution is 2.26. The zero-order valence-electron chi connectivity index (χ0n) is 10.2. The Labute approximate surface area is 104 Å². The molecule has 0 saturated carbocycles. The monoisotopic (exact) mass is 246 g/mol. The van der Waals surface area contributed by atoms with Crippen LogP contribution in [0.25, 0.3) is 10.9 Å². The van der Waals surface area contributed by atoms with Gasteiger partial charge in [-0.3, -0.25) is 9.59 Å². The molecule has 0 radical (unpaired) electrons. The summed E-state index contributed by atoms with van der Waals surface area (Å²) in [4.78, 5) is 27.2. The number of carbonyl (C=O) groups is 2. The molecule has 1 aromatic heterocycles. The lowest BCUT2D eigenvalue weighted by atomic mass is 10.1. The average Bonchev–Trinajstić information content (AvgIpc) is 2.79. The van der Waals surface area contributed by atoms with Crippen LogP contribution in [0, 0.1) is 5.92 Å². The largest absolute Gasteiger partial charge is 0.481 e. The topological polar surface area (TPSA) is 73.4 Å².